The van der Waals surface area contributed by atoms with Crippen LogP contribution in [0.1, 0.15) is 0 Å². The number of anilines is 2. The van der Waals surface area contributed by atoms with Crippen LogP contribution >= 0.6 is 0 Å². The summed E-state index contributed by atoms with van der Waals surface area (Å²) in [4.78, 5) is 0. The third-order valence-corrected chi connectivity index (χ3v) is 3.09. The number of hydrogen-bond acceptors (Lipinski definition) is 4. The minimum atomic E-state index is 0.0570. The lowest BCUT2D eigenvalue weighted by atomic mass is 10.0. The molecule has 4 heteroatoms. The summed E-state index contributed by atoms with van der Waals surface area (Å²) in [7, 11) is 0. The van der Waals surface area contributed by atoms with E-state index in [0.717, 1.165) is 21.5 Å². The minimum absolute atomic E-state index is 0.0570. The molecule has 18 heavy (non-hydrogen) atoms. The molecule has 0 aliphatic heterocycles. The molecule has 3 aromatic rings. The van der Waals surface area contributed by atoms with E-state index in [4.69, 9.17) is 11.5 Å². The van der Waals surface area contributed by atoms with Gasteiger partial charge in [0.1, 0.15) is 11.5 Å². The molecule has 0 aromatic heterocycles. The molecular formula is C14H12N2O2. The molecule has 4 nitrogen and oxygen atoms in total. The van der Waals surface area contributed by atoms with E-state index in [1.54, 1.807) is 24.3 Å². The Hall–Kier alpha value is -2.62. The Morgan fingerprint density at radius 2 is 0.889 bits per heavy atom. The first-order valence-electron chi connectivity index (χ1n) is 5.49. The molecule has 0 aliphatic rings. The summed E-state index contributed by atoms with van der Waals surface area (Å²) in [5.74, 6) is 0.114. The van der Waals surface area contributed by atoms with Crippen molar-refractivity contribution >= 4 is 32.9 Å². The molecule has 3 aromatic carbocycles. The van der Waals surface area contributed by atoms with Gasteiger partial charge >= 0.3 is 0 Å². The van der Waals surface area contributed by atoms with E-state index in [-0.39, 0.29) is 11.5 Å². The molecule has 0 bridgehead atoms. The summed E-state index contributed by atoms with van der Waals surface area (Å²) in [5.41, 5.74) is 12.0. The monoisotopic (exact) mass is 240 g/mol. The lowest BCUT2D eigenvalue weighted by Gasteiger charge is -2.07. The molecule has 0 saturated carbocycles. The second-order valence-corrected chi connectivity index (χ2v) is 4.37. The maximum absolute atomic E-state index is 9.59. The summed E-state index contributed by atoms with van der Waals surface area (Å²) in [6, 6.07) is 10.5. The molecule has 3 rings (SSSR count). The Bertz CT molecular complexity index is 653. The number of phenols is 2. The van der Waals surface area contributed by atoms with Gasteiger partial charge in [0.2, 0.25) is 0 Å². The number of nitrogen functional groups attached to an aromatic ring is 2. The maximum atomic E-state index is 9.59. The van der Waals surface area contributed by atoms with Crippen molar-refractivity contribution in [1.29, 1.82) is 0 Å². The summed E-state index contributed by atoms with van der Waals surface area (Å²) >= 11 is 0. The van der Waals surface area contributed by atoms with Gasteiger partial charge in [0.25, 0.3) is 0 Å². The smallest absolute Gasteiger partial charge is 0.139 e. The topological polar surface area (TPSA) is 92.5 Å². The number of aromatic hydroxyl groups is 2. The first-order chi connectivity index (χ1) is 8.54. The fourth-order valence-corrected chi connectivity index (χ4v) is 2.11. The van der Waals surface area contributed by atoms with Crippen molar-refractivity contribution in [1.82, 2.24) is 0 Å². The highest BCUT2D eigenvalue weighted by Crippen LogP contribution is 2.33. The lowest BCUT2D eigenvalue weighted by Crippen LogP contribution is -1.88. The zero-order valence-corrected chi connectivity index (χ0v) is 9.51. The van der Waals surface area contributed by atoms with E-state index >= 15 is 0 Å². The van der Waals surface area contributed by atoms with E-state index in [1.165, 1.54) is 0 Å². The fourth-order valence-electron chi connectivity index (χ4n) is 2.11. The van der Waals surface area contributed by atoms with Crippen LogP contribution in [-0.4, -0.2) is 10.2 Å². The molecule has 0 atom stereocenters. The van der Waals surface area contributed by atoms with Gasteiger partial charge in [0.05, 0.1) is 11.4 Å². The van der Waals surface area contributed by atoms with Crippen LogP contribution in [0.3, 0.4) is 0 Å². The van der Waals surface area contributed by atoms with Gasteiger partial charge in [-0.1, -0.05) is 0 Å². The van der Waals surface area contributed by atoms with E-state index in [2.05, 4.69) is 0 Å². The molecule has 0 fully saturated rings. The van der Waals surface area contributed by atoms with Crippen LogP contribution in [0.4, 0.5) is 11.4 Å². The van der Waals surface area contributed by atoms with Gasteiger partial charge in [-0.2, -0.15) is 0 Å². The molecule has 6 N–H and O–H groups in total. The largest absolute Gasteiger partial charge is 0.506 e. The van der Waals surface area contributed by atoms with Crippen molar-refractivity contribution in [2.45, 2.75) is 0 Å². The number of fused-ring (bicyclic) bond motifs is 2. The predicted octanol–water partition coefficient (Wildman–Crippen LogP) is 2.57. The average Bonchev–Trinajstić information content (AvgIpc) is 2.31. The molecular weight excluding hydrogens is 228 g/mol. The number of benzene rings is 3. The molecule has 0 spiro atoms. The SMILES string of the molecule is Nc1cc2cc3cc(N)c(O)cc3cc2cc1O. The Kier molecular flexibility index (Phi) is 2.01. The average molecular weight is 240 g/mol. The fraction of sp³-hybridized carbons (Fsp3) is 0. The number of hydrogen-bond donors (Lipinski definition) is 4. The Morgan fingerprint density at radius 1 is 0.556 bits per heavy atom. The van der Waals surface area contributed by atoms with Crippen LogP contribution in [0.15, 0.2) is 36.4 Å². The summed E-state index contributed by atoms with van der Waals surface area (Å²) in [6.45, 7) is 0. The van der Waals surface area contributed by atoms with Crippen molar-refractivity contribution in [3.05, 3.63) is 36.4 Å². The van der Waals surface area contributed by atoms with Crippen molar-refractivity contribution in [2.75, 3.05) is 11.5 Å². The Labute approximate surface area is 103 Å². The van der Waals surface area contributed by atoms with Crippen LogP contribution in [0.5, 0.6) is 11.5 Å². The molecule has 0 saturated heterocycles. The van der Waals surface area contributed by atoms with Gasteiger partial charge in [0, 0.05) is 0 Å². The summed E-state index contributed by atoms with van der Waals surface area (Å²) < 4.78 is 0. The van der Waals surface area contributed by atoms with E-state index < -0.39 is 0 Å². The second kappa shape index (κ2) is 3.43. The van der Waals surface area contributed by atoms with Gasteiger partial charge in [-0.15, -0.1) is 0 Å². The van der Waals surface area contributed by atoms with Crippen molar-refractivity contribution in [3.63, 3.8) is 0 Å². The third kappa shape index (κ3) is 1.47. The van der Waals surface area contributed by atoms with Crippen LogP contribution in [0.25, 0.3) is 21.5 Å². The van der Waals surface area contributed by atoms with Crippen LogP contribution < -0.4 is 11.5 Å². The summed E-state index contributed by atoms with van der Waals surface area (Å²) in [5, 5.41) is 22.7. The molecule has 0 aliphatic carbocycles. The maximum Gasteiger partial charge on any atom is 0.139 e. The van der Waals surface area contributed by atoms with E-state index in [1.807, 2.05) is 12.1 Å². The lowest BCUT2D eigenvalue weighted by molar-refractivity contribution is 0.478. The van der Waals surface area contributed by atoms with Crippen LogP contribution in [0, 0.1) is 0 Å². The molecule has 0 radical (unpaired) electrons. The second-order valence-electron chi connectivity index (χ2n) is 4.37. The zero-order valence-electron chi connectivity index (χ0n) is 9.51. The summed E-state index contributed by atoms with van der Waals surface area (Å²) in [6.07, 6.45) is 0. The number of nitrogens with two attached hydrogens (primary N) is 2. The van der Waals surface area contributed by atoms with Crippen molar-refractivity contribution in [3.8, 4) is 11.5 Å². The third-order valence-electron chi connectivity index (χ3n) is 3.09. The first kappa shape index (κ1) is 10.5. The van der Waals surface area contributed by atoms with E-state index in [0.29, 0.717) is 11.4 Å². The molecule has 90 valence electrons. The van der Waals surface area contributed by atoms with Crippen molar-refractivity contribution in [2.24, 2.45) is 0 Å². The predicted molar refractivity (Wildman–Crippen MR) is 73.6 cm³/mol. The van der Waals surface area contributed by atoms with Gasteiger partial charge in [-0.05, 0) is 57.9 Å². The van der Waals surface area contributed by atoms with Crippen LogP contribution in [-0.2, 0) is 0 Å². The molecule has 0 amide bonds. The minimum Gasteiger partial charge on any atom is -0.506 e. The van der Waals surface area contributed by atoms with Gasteiger partial charge < -0.3 is 21.7 Å². The van der Waals surface area contributed by atoms with Gasteiger partial charge in [-0.3, -0.25) is 0 Å². The zero-order chi connectivity index (χ0) is 12.9. The standard InChI is InChI=1S/C14H12N2O2/c15-11-3-7-1-8-4-12(16)14(18)6-10(8)2-9(7)5-13(11)17/h1-6,17-18H,15-16H2. The van der Waals surface area contributed by atoms with Gasteiger partial charge in [-0.25, -0.2) is 0 Å². The Balaban J connectivity index is 2.43. The Morgan fingerprint density at radius 3 is 1.28 bits per heavy atom. The molecule has 0 unspecified atom stereocenters. The highest BCUT2D eigenvalue weighted by Gasteiger charge is 2.05. The first-order valence-corrected chi connectivity index (χ1v) is 5.49. The highest BCUT2D eigenvalue weighted by molar-refractivity contribution is 6.01. The normalized spacial score (nSPS) is 11.1. The van der Waals surface area contributed by atoms with Crippen molar-refractivity contribution < 1.29 is 10.2 Å². The van der Waals surface area contributed by atoms with Crippen LogP contribution in [0.2, 0.25) is 0 Å². The number of rotatable bonds is 0. The highest BCUT2D eigenvalue weighted by atomic mass is 16.3. The van der Waals surface area contributed by atoms with E-state index in [9.17, 15) is 10.2 Å². The number of phenolic OH excluding ortho intramolecular Hbond substituents is 2. The quantitative estimate of drug-likeness (QED) is 0.276. The van der Waals surface area contributed by atoms with Gasteiger partial charge in [0.15, 0.2) is 0 Å². The molecule has 0 heterocycles.